The third kappa shape index (κ3) is 4.73. The Labute approximate surface area is 148 Å². The van der Waals surface area contributed by atoms with Gasteiger partial charge in [0.05, 0.1) is 20.8 Å². The number of nitrogens with zero attached hydrogens (tertiary/aromatic N) is 3. The van der Waals surface area contributed by atoms with E-state index in [1.807, 2.05) is 14.1 Å². The van der Waals surface area contributed by atoms with Crippen molar-refractivity contribution in [1.29, 1.82) is 0 Å². The van der Waals surface area contributed by atoms with Crippen LogP contribution in [0.4, 0.5) is 0 Å². The Morgan fingerprint density at radius 1 is 1.16 bits per heavy atom. The Morgan fingerprint density at radius 3 is 2.52 bits per heavy atom. The third-order valence-electron chi connectivity index (χ3n) is 3.87. The molecule has 0 spiro atoms. The first-order chi connectivity index (χ1) is 12.0. The van der Waals surface area contributed by atoms with E-state index in [1.54, 1.807) is 43.4 Å². The Morgan fingerprint density at radius 2 is 1.88 bits per heavy atom. The van der Waals surface area contributed by atoms with Gasteiger partial charge in [-0.25, -0.2) is 5.01 Å². The molecule has 0 atom stereocenters. The minimum atomic E-state index is -0.227. The normalized spacial score (nSPS) is 14.4. The van der Waals surface area contributed by atoms with E-state index in [0.717, 1.165) is 12.0 Å². The molecule has 0 aromatic heterocycles. The fourth-order valence-corrected chi connectivity index (χ4v) is 2.67. The number of hydrogen-bond acceptors (Lipinski definition) is 5. The van der Waals surface area contributed by atoms with Crippen molar-refractivity contribution in [2.75, 3.05) is 47.9 Å². The molecule has 7 nitrogen and oxygen atoms in total. The first-order valence-electron chi connectivity index (χ1n) is 8.13. The molecule has 2 rings (SSSR count). The Bertz CT molecular complexity index is 658. The summed E-state index contributed by atoms with van der Waals surface area (Å²) in [6.07, 6.45) is 3.91. The molecule has 0 bridgehead atoms. The van der Waals surface area contributed by atoms with Crippen LogP contribution < -0.4 is 9.47 Å². The summed E-state index contributed by atoms with van der Waals surface area (Å²) in [6, 6.07) is 5.37. The second-order valence-electron chi connectivity index (χ2n) is 6.01. The first kappa shape index (κ1) is 18.8. The molecule has 1 aliphatic rings. The van der Waals surface area contributed by atoms with Crippen LogP contribution in [0.1, 0.15) is 12.0 Å². The predicted octanol–water partition coefficient (Wildman–Crippen LogP) is 1.25. The summed E-state index contributed by atoms with van der Waals surface area (Å²) in [6.45, 7) is 1.38. The average molecular weight is 347 g/mol. The van der Waals surface area contributed by atoms with E-state index in [1.165, 1.54) is 16.1 Å². The number of carbonyl (C=O) groups excluding carboxylic acids is 2. The van der Waals surface area contributed by atoms with Gasteiger partial charge in [0.2, 0.25) is 0 Å². The van der Waals surface area contributed by atoms with E-state index in [-0.39, 0.29) is 18.4 Å². The number of rotatable bonds is 6. The zero-order valence-electron chi connectivity index (χ0n) is 15.2. The van der Waals surface area contributed by atoms with Crippen molar-refractivity contribution in [3.63, 3.8) is 0 Å². The van der Waals surface area contributed by atoms with Gasteiger partial charge in [-0.2, -0.15) is 0 Å². The second-order valence-corrected chi connectivity index (χ2v) is 6.01. The number of carbonyl (C=O) groups is 2. The van der Waals surface area contributed by atoms with Crippen LogP contribution >= 0.6 is 0 Å². The maximum atomic E-state index is 12.5. The van der Waals surface area contributed by atoms with Crippen molar-refractivity contribution in [3.05, 3.63) is 29.8 Å². The van der Waals surface area contributed by atoms with Crippen molar-refractivity contribution >= 4 is 17.9 Å². The van der Waals surface area contributed by atoms with Gasteiger partial charge in [0.15, 0.2) is 0 Å². The Balaban J connectivity index is 2.13. The first-order valence-corrected chi connectivity index (χ1v) is 8.13. The van der Waals surface area contributed by atoms with Gasteiger partial charge >= 0.3 is 0 Å². The SMILES string of the molecule is COc1ccc(OC)c(C=CC(=O)N2CCCN2C(=O)CN(C)C)c1. The number of benzene rings is 1. The lowest BCUT2D eigenvalue weighted by Crippen LogP contribution is -2.47. The molecule has 2 amide bonds. The fraction of sp³-hybridized carbons (Fsp3) is 0.444. The number of methoxy groups -OCH3 is 2. The molecule has 1 fully saturated rings. The summed E-state index contributed by atoms with van der Waals surface area (Å²) >= 11 is 0. The molecule has 0 N–H and O–H groups in total. The molecule has 1 aromatic carbocycles. The van der Waals surface area contributed by atoms with Crippen molar-refractivity contribution in [2.24, 2.45) is 0 Å². The van der Waals surface area contributed by atoms with Gasteiger partial charge in [0.25, 0.3) is 11.8 Å². The number of likely N-dealkylation sites (N-methyl/N-ethyl adjacent to an activating group) is 1. The number of ether oxygens (including phenoxy) is 2. The topological polar surface area (TPSA) is 62.3 Å². The molecule has 0 saturated carbocycles. The standard InChI is InChI=1S/C18H25N3O4/c1-19(2)13-18(23)21-11-5-10-20(21)17(22)9-6-14-12-15(24-3)7-8-16(14)25-4/h6-9,12H,5,10-11,13H2,1-4H3. The van der Waals surface area contributed by atoms with Gasteiger partial charge in [0.1, 0.15) is 11.5 Å². The van der Waals surface area contributed by atoms with E-state index >= 15 is 0 Å². The van der Waals surface area contributed by atoms with Crippen LogP contribution in [0.15, 0.2) is 24.3 Å². The largest absolute Gasteiger partial charge is 0.497 e. The summed E-state index contributed by atoms with van der Waals surface area (Å²) in [5, 5.41) is 3.02. The molecular weight excluding hydrogens is 322 g/mol. The highest BCUT2D eigenvalue weighted by atomic mass is 16.5. The van der Waals surface area contributed by atoms with Crippen LogP contribution in [-0.2, 0) is 9.59 Å². The second kappa shape index (κ2) is 8.53. The molecule has 0 radical (unpaired) electrons. The van der Waals surface area contributed by atoms with E-state index in [2.05, 4.69) is 0 Å². The summed E-state index contributed by atoms with van der Waals surface area (Å²) in [4.78, 5) is 26.6. The zero-order valence-corrected chi connectivity index (χ0v) is 15.2. The highest BCUT2D eigenvalue weighted by Crippen LogP contribution is 2.25. The molecule has 0 unspecified atom stereocenters. The van der Waals surface area contributed by atoms with Crippen LogP contribution in [0.5, 0.6) is 11.5 Å². The van der Waals surface area contributed by atoms with Crippen molar-refractivity contribution < 1.29 is 19.1 Å². The number of hydrogen-bond donors (Lipinski definition) is 0. The predicted molar refractivity (Wildman–Crippen MR) is 95.2 cm³/mol. The molecule has 1 heterocycles. The summed E-state index contributed by atoms with van der Waals surface area (Å²) in [7, 11) is 6.81. The summed E-state index contributed by atoms with van der Waals surface area (Å²) in [5.41, 5.74) is 0.737. The van der Waals surface area contributed by atoms with Crippen molar-refractivity contribution in [1.82, 2.24) is 14.9 Å². The van der Waals surface area contributed by atoms with Crippen molar-refractivity contribution in [2.45, 2.75) is 6.42 Å². The molecular formula is C18H25N3O4. The lowest BCUT2D eigenvalue weighted by molar-refractivity contribution is -0.155. The number of hydrazine groups is 1. The smallest absolute Gasteiger partial charge is 0.265 e. The lowest BCUT2D eigenvalue weighted by Gasteiger charge is -2.28. The minimum absolute atomic E-state index is 0.0804. The molecule has 25 heavy (non-hydrogen) atoms. The van der Waals surface area contributed by atoms with Crippen LogP contribution in [0.2, 0.25) is 0 Å². The van der Waals surface area contributed by atoms with Crippen LogP contribution in [0.3, 0.4) is 0 Å². The number of amides is 2. The van der Waals surface area contributed by atoms with Crippen LogP contribution in [0, 0.1) is 0 Å². The van der Waals surface area contributed by atoms with Crippen LogP contribution in [0.25, 0.3) is 6.08 Å². The van der Waals surface area contributed by atoms with Gasteiger partial charge in [-0.15, -0.1) is 0 Å². The highest BCUT2D eigenvalue weighted by Gasteiger charge is 2.29. The summed E-state index contributed by atoms with van der Waals surface area (Å²) in [5.74, 6) is 1.02. The van der Waals surface area contributed by atoms with Crippen LogP contribution in [-0.4, -0.2) is 74.7 Å². The molecule has 1 aliphatic heterocycles. The molecule has 136 valence electrons. The zero-order chi connectivity index (χ0) is 18.4. The maximum absolute atomic E-state index is 12.5. The fourth-order valence-electron chi connectivity index (χ4n) is 2.67. The van der Waals surface area contributed by atoms with E-state index < -0.39 is 0 Å². The average Bonchev–Trinajstić information content (AvgIpc) is 3.08. The summed E-state index contributed by atoms with van der Waals surface area (Å²) < 4.78 is 10.5. The van der Waals surface area contributed by atoms with E-state index in [4.69, 9.17) is 9.47 Å². The molecule has 7 heteroatoms. The van der Waals surface area contributed by atoms with Gasteiger partial charge in [-0.1, -0.05) is 0 Å². The van der Waals surface area contributed by atoms with Gasteiger partial charge in [-0.3, -0.25) is 14.6 Å². The monoisotopic (exact) mass is 347 g/mol. The molecule has 0 aliphatic carbocycles. The van der Waals surface area contributed by atoms with E-state index in [0.29, 0.717) is 24.6 Å². The Hall–Kier alpha value is -2.54. The Kier molecular flexibility index (Phi) is 6.41. The van der Waals surface area contributed by atoms with E-state index in [9.17, 15) is 9.59 Å². The minimum Gasteiger partial charge on any atom is -0.497 e. The van der Waals surface area contributed by atoms with Gasteiger partial charge in [0, 0.05) is 24.7 Å². The quantitative estimate of drug-likeness (QED) is 0.725. The molecule has 1 saturated heterocycles. The van der Waals surface area contributed by atoms with Crippen molar-refractivity contribution in [3.8, 4) is 11.5 Å². The highest BCUT2D eigenvalue weighted by molar-refractivity contribution is 5.94. The van der Waals surface area contributed by atoms with Gasteiger partial charge < -0.3 is 14.4 Å². The van der Waals surface area contributed by atoms with Gasteiger partial charge in [-0.05, 0) is 44.8 Å². The molecule has 1 aromatic rings. The lowest BCUT2D eigenvalue weighted by atomic mass is 10.1. The third-order valence-corrected chi connectivity index (χ3v) is 3.87. The maximum Gasteiger partial charge on any atom is 0.265 e.